The maximum atomic E-state index is 11.7. The van der Waals surface area contributed by atoms with Crippen LogP contribution in [-0.2, 0) is 9.53 Å². The molecule has 16 heavy (non-hydrogen) atoms. The lowest BCUT2D eigenvalue weighted by atomic mass is 9.96. The van der Waals surface area contributed by atoms with Crippen molar-refractivity contribution in [3.63, 3.8) is 0 Å². The van der Waals surface area contributed by atoms with Gasteiger partial charge in [-0.15, -0.1) is 0 Å². The van der Waals surface area contributed by atoms with E-state index in [0.29, 0.717) is 0 Å². The summed E-state index contributed by atoms with van der Waals surface area (Å²) in [5, 5.41) is 10.1. The zero-order valence-electron chi connectivity index (χ0n) is 9.91. The first kappa shape index (κ1) is 11.9. The van der Waals surface area contributed by atoms with E-state index in [1.165, 1.54) is 19.3 Å². The first-order chi connectivity index (χ1) is 7.68. The van der Waals surface area contributed by atoms with Crippen molar-refractivity contribution < 1.29 is 14.6 Å². The molecule has 2 fully saturated rings. The summed E-state index contributed by atoms with van der Waals surface area (Å²) in [6, 6.07) is 0. The largest absolute Gasteiger partial charge is 0.462 e. The van der Waals surface area contributed by atoms with Crippen molar-refractivity contribution in [2.24, 2.45) is 0 Å². The Bertz CT molecular complexity index is 238. The lowest BCUT2D eigenvalue weighted by molar-refractivity contribution is -0.155. The predicted molar refractivity (Wildman–Crippen MR) is 61.0 cm³/mol. The number of carbonyl (C=O) groups excluding carboxylic acids is 1. The molecule has 0 aromatic heterocycles. The summed E-state index contributed by atoms with van der Waals surface area (Å²) in [7, 11) is 0. The van der Waals surface area contributed by atoms with Crippen LogP contribution in [-0.4, -0.2) is 22.8 Å². The molecule has 92 valence electrons. The summed E-state index contributed by atoms with van der Waals surface area (Å²) in [5.41, 5.74) is -0.758. The van der Waals surface area contributed by atoms with Crippen molar-refractivity contribution in [3.8, 4) is 0 Å². The van der Waals surface area contributed by atoms with Gasteiger partial charge in [-0.05, 0) is 38.5 Å². The summed E-state index contributed by atoms with van der Waals surface area (Å²) in [4.78, 5) is 11.7. The Morgan fingerprint density at radius 1 is 1.12 bits per heavy atom. The summed E-state index contributed by atoms with van der Waals surface area (Å²) in [6.45, 7) is 0. The van der Waals surface area contributed by atoms with Crippen LogP contribution in [0, 0.1) is 0 Å². The molecule has 0 unspecified atom stereocenters. The van der Waals surface area contributed by atoms with Gasteiger partial charge in [0, 0.05) is 0 Å². The van der Waals surface area contributed by atoms with Crippen LogP contribution < -0.4 is 0 Å². The number of carbonyl (C=O) groups is 1. The molecule has 1 N–H and O–H groups in total. The van der Waals surface area contributed by atoms with Gasteiger partial charge in [0.05, 0.1) is 12.0 Å². The second-order valence-corrected chi connectivity index (χ2v) is 5.36. The monoisotopic (exact) mass is 226 g/mol. The van der Waals surface area contributed by atoms with E-state index in [-0.39, 0.29) is 18.5 Å². The molecule has 2 saturated carbocycles. The van der Waals surface area contributed by atoms with Gasteiger partial charge in [-0.1, -0.05) is 19.3 Å². The maximum Gasteiger partial charge on any atom is 0.308 e. The van der Waals surface area contributed by atoms with Crippen molar-refractivity contribution in [1.29, 1.82) is 0 Å². The molecule has 3 nitrogen and oxygen atoms in total. The van der Waals surface area contributed by atoms with Gasteiger partial charge >= 0.3 is 5.97 Å². The summed E-state index contributed by atoms with van der Waals surface area (Å²) >= 11 is 0. The fraction of sp³-hybridized carbons (Fsp3) is 0.923. The van der Waals surface area contributed by atoms with Crippen LogP contribution in [0.2, 0.25) is 0 Å². The molecule has 0 amide bonds. The fourth-order valence-electron chi connectivity index (χ4n) is 2.89. The smallest absolute Gasteiger partial charge is 0.308 e. The van der Waals surface area contributed by atoms with Crippen molar-refractivity contribution in [3.05, 3.63) is 0 Å². The quantitative estimate of drug-likeness (QED) is 0.752. The minimum absolute atomic E-state index is 0.117. The summed E-state index contributed by atoms with van der Waals surface area (Å²) in [6.07, 6.45) is 9.51. The van der Waals surface area contributed by atoms with Crippen LogP contribution in [0.4, 0.5) is 0 Å². The van der Waals surface area contributed by atoms with Gasteiger partial charge < -0.3 is 9.84 Å². The second-order valence-electron chi connectivity index (χ2n) is 5.36. The lowest BCUT2D eigenvalue weighted by Crippen LogP contribution is -2.31. The van der Waals surface area contributed by atoms with Crippen LogP contribution >= 0.6 is 0 Å². The first-order valence-corrected chi connectivity index (χ1v) is 6.60. The number of ether oxygens (including phenoxy) is 1. The third-order valence-corrected chi connectivity index (χ3v) is 3.86. The van der Waals surface area contributed by atoms with E-state index < -0.39 is 5.60 Å². The molecule has 0 aromatic rings. The van der Waals surface area contributed by atoms with Crippen LogP contribution in [0.5, 0.6) is 0 Å². The molecule has 0 spiro atoms. The molecule has 0 atom stereocenters. The van der Waals surface area contributed by atoms with E-state index in [0.717, 1.165) is 38.5 Å². The van der Waals surface area contributed by atoms with E-state index >= 15 is 0 Å². The molecular weight excluding hydrogens is 204 g/mol. The molecule has 0 aliphatic heterocycles. The molecule has 0 heterocycles. The Hall–Kier alpha value is -0.570. The average molecular weight is 226 g/mol. The van der Waals surface area contributed by atoms with Gasteiger partial charge in [-0.3, -0.25) is 4.79 Å². The third-order valence-electron chi connectivity index (χ3n) is 3.86. The summed E-state index contributed by atoms with van der Waals surface area (Å²) in [5.74, 6) is -0.198. The zero-order chi connectivity index (χ0) is 11.4. The molecule has 2 rings (SSSR count). The van der Waals surface area contributed by atoms with Crippen molar-refractivity contribution in [2.45, 2.75) is 75.9 Å². The molecule has 0 radical (unpaired) electrons. The van der Waals surface area contributed by atoms with Crippen molar-refractivity contribution in [1.82, 2.24) is 0 Å². The topological polar surface area (TPSA) is 46.5 Å². The number of rotatable bonds is 3. The molecule has 0 aromatic carbocycles. The minimum Gasteiger partial charge on any atom is -0.462 e. The highest BCUT2D eigenvalue weighted by Crippen LogP contribution is 2.33. The van der Waals surface area contributed by atoms with Crippen LogP contribution in [0.3, 0.4) is 0 Å². The fourth-order valence-corrected chi connectivity index (χ4v) is 2.89. The van der Waals surface area contributed by atoms with Crippen LogP contribution in [0.15, 0.2) is 0 Å². The van der Waals surface area contributed by atoms with Gasteiger partial charge in [-0.2, -0.15) is 0 Å². The van der Waals surface area contributed by atoms with Crippen molar-refractivity contribution >= 4 is 5.97 Å². The van der Waals surface area contributed by atoms with Gasteiger partial charge in [0.1, 0.15) is 6.10 Å². The maximum absolute atomic E-state index is 11.7. The normalized spacial score (nSPS) is 25.6. The number of hydrogen-bond donors (Lipinski definition) is 1. The van der Waals surface area contributed by atoms with E-state index in [2.05, 4.69) is 0 Å². The van der Waals surface area contributed by atoms with Gasteiger partial charge in [0.15, 0.2) is 0 Å². The van der Waals surface area contributed by atoms with Gasteiger partial charge in [0.2, 0.25) is 0 Å². The third kappa shape index (κ3) is 3.21. The molecule has 2 aliphatic rings. The van der Waals surface area contributed by atoms with Crippen molar-refractivity contribution in [2.75, 3.05) is 0 Å². The predicted octanol–water partition coefficient (Wildman–Crippen LogP) is 2.56. The van der Waals surface area contributed by atoms with Crippen LogP contribution in [0.25, 0.3) is 0 Å². The first-order valence-electron chi connectivity index (χ1n) is 6.60. The Morgan fingerprint density at radius 2 is 1.75 bits per heavy atom. The standard InChI is InChI=1S/C13H22O3/c14-12(10-13(15)8-4-5-9-13)16-11-6-2-1-3-7-11/h11,15H,1-10H2. The van der Waals surface area contributed by atoms with E-state index in [1.54, 1.807) is 0 Å². The zero-order valence-corrected chi connectivity index (χ0v) is 9.91. The molecule has 0 bridgehead atoms. The average Bonchev–Trinajstić information content (AvgIpc) is 2.66. The Morgan fingerprint density at radius 3 is 2.38 bits per heavy atom. The van der Waals surface area contributed by atoms with E-state index in [1.807, 2.05) is 0 Å². The highest BCUT2D eigenvalue weighted by Gasteiger charge is 2.34. The number of esters is 1. The SMILES string of the molecule is O=C(CC1(O)CCCC1)OC1CCCCC1. The molecule has 2 aliphatic carbocycles. The lowest BCUT2D eigenvalue weighted by Gasteiger charge is -2.25. The minimum atomic E-state index is -0.758. The Labute approximate surface area is 97.2 Å². The summed E-state index contributed by atoms with van der Waals surface area (Å²) < 4.78 is 5.42. The Kier molecular flexibility index (Phi) is 3.85. The van der Waals surface area contributed by atoms with Crippen LogP contribution in [0.1, 0.15) is 64.2 Å². The van der Waals surface area contributed by atoms with E-state index in [4.69, 9.17) is 4.74 Å². The number of aliphatic hydroxyl groups is 1. The molecule has 0 saturated heterocycles. The van der Waals surface area contributed by atoms with Gasteiger partial charge in [0.25, 0.3) is 0 Å². The van der Waals surface area contributed by atoms with E-state index in [9.17, 15) is 9.90 Å². The highest BCUT2D eigenvalue weighted by molar-refractivity contribution is 5.71. The Balaban J connectivity index is 1.74. The van der Waals surface area contributed by atoms with Gasteiger partial charge in [-0.25, -0.2) is 0 Å². The molecular formula is C13H22O3. The number of hydrogen-bond acceptors (Lipinski definition) is 3. The molecule has 3 heteroatoms. The highest BCUT2D eigenvalue weighted by atomic mass is 16.5. The second kappa shape index (κ2) is 5.17.